The van der Waals surface area contributed by atoms with Gasteiger partial charge in [-0.2, -0.15) is 0 Å². The number of ether oxygens (including phenoxy) is 1. The highest BCUT2D eigenvalue weighted by molar-refractivity contribution is 7.09. The predicted octanol–water partition coefficient (Wildman–Crippen LogP) is 3.71. The molecule has 0 aliphatic carbocycles. The number of fused-ring (bicyclic) bond motifs is 1. The normalized spacial score (nSPS) is 12.4. The lowest BCUT2D eigenvalue weighted by molar-refractivity contribution is -0.116. The topological polar surface area (TPSA) is 80.3 Å². The van der Waals surface area contributed by atoms with Crippen molar-refractivity contribution in [3.8, 4) is 5.75 Å². The summed E-state index contributed by atoms with van der Waals surface area (Å²) in [5.41, 5.74) is 4.27. The average molecular weight is 393 g/mol. The second-order valence-electron chi connectivity index (χ2n) is 6.66. The van der Waals surface area contributed by atoms with E-state index in [0.717, 1.165) is 22.0 Å². The van der Waals surface area contributed by atoms with Crippen molar-refractivity contribution in [2.45, 2.75) is 26.4 Å². The number of hydrogen-bond acceptors (Lipinski definition) is 5. The summed E-state index contributed by atoms with van der Waals surface area (Å²) in [6.45, 7) is 2.41. The highest BCUT2D eigenvalue weighted by Gasteiger charge is 2.18. The van der Waals surface area contributed by atoms with Crippen LogP contribution in [0.15, 0.2) is 47.8 Å². The second-order valence-corrected chi connectivity index (χ2v) is 7.60. The van der Waals surface area contributed by atoms with Gasteiger partial charge in [0.1, 0.15) is 17.4 Å². The molecule has 2 heterocycles. The van der Waals surface area contributed by atoms with Crippen molar-refractivity contribution in [3.05, 3.63) is 69.7 Å². The van der Waals surface area contributed by atoms with Gasteiger partial charge in [-0.25, -0.2) is 4.98 Å². The molecule has 28 heavy (non-hydrogen) atoms. The molecule has 2 amide bonds. The van der Waals surface area contributed by atoms with Gasteiger partial charge in [0.2, 0.25) is 11.8 Å². The van der Waals surface area contributed by atoms with Gasteiger partial charge in [-0.1, -0.05) is 17.7 Å². The SMILES string of the molecule is Cc1ccc(OCc2nc(CC(=O)Nc3ccc4c(c3)CC(=O)N4)cs2)cc1. The molecule has 1 aliphatic heterocycles. The lowest BCUT2D eigenvalue weighted by Crippen LogP contribution is -2.14. The van der Waals surface area contributed by atoms with Gasteiger partial charge < -0.3 is 15.4 Å². The molecule has 142 valence electrons. The Hall–Kier alpha value is -3.19. The minimum absolute atomic E-state index is 0.0265. The Bertz CT molecular complexity index is 1030. The molecule has 1 aromatic heterocycles. The molecule has 3 aromatic rings. The molecule has 7 heteroatoms. The van der Waals surface area contributed by atoms with Crippen LogP contribution in [0.25, 0.3) is 0 Å². The summed E-state index contributed by atoms with van der Waals surface area (Å²) < 4.78 is 5.73. The van der Waals surface area contributed by atoms with Crippen LogP contribution in [0.5, 0.6) is 5.75 Å². The van der Waals surface area contributed by atoms with Crippen LogP contribution in [-0.4, -0.2) is 16.8 Å². The maximum absolute atomic E-state index is 12.3. The zero-order chi connectivity index (χ0) is 19.5. The van der Waals surface area contributed by atoms with Gasteiger partial charge in [0.25, 0.3) is 0 Å². The molecule has 4 rings (SSSR count). The molecule has 0 radical (unpaired) electrons. The number of carbonyl (C=O) groups is 2. The summed E-state index contributed by atoms with van der Waals surface area (Å²) in [6.07, 6.45) is 0.533. The number of rotatable bonds is 6. The Balaban J connectivity index is 1.31. The Morgan fingerprint density at radius 2 is 2.07 bits per heavy atom. The Morgan fingerprint density at radius 1 is 1.25 bits per heavy atom. The third-order valence-electron chi connectivity index (χ3n) is 4.34. The van der Waals surface area contributed by atoms with Crippen molar-refractivity contribution in [2.24, 2.45) is 0 Å². The van der Waals surface area contributed by atoms with Crippen LogP contribution in [0.3, 0.4) is 0 Å². The van der Waals surface area contributed by atoms with Crippen LogP contribution in [-0.2, 0) is 29.0 Å². The highest BCUT2D eigenvalue weighted by Crippen LogP contribution is 2.26. The molecule has 0 bridgehead atoms. The molecule has 2 N–H and O–H groups in total. The quantitative estimate of drug-likeness (QED) is 0.669. The first-order valence-corrected chi connectivity index (χ1v) is 9.78. The van der Waals surface area contributed by atoms with Gasteiger partial charge in [0.05, 0.1) is 18.5 Å². The van der Waals surface area contributed by atoms with E-state index in [1.165, 1.54) is 16.9 Å². The second kappa shape index (κ2) is 7.82. The summed E-state index contributed by atoms with van der Waals surface area (Å²) >= 11 is 1.47. The van der Waals surface area contributed by atoms with Crippen LogP contribution in [0.4, 0.5) is 11.4 Å². The largest absolute Gasteiger partial charge is 0.486 e. The monoisotopic (exact) mass is 393 g/mol. The van der Waals surface area contributed by atoms with E-state index in [-0.39, 0.29) is 18.2 Å². The molecule has 1 aliphatic rings. The predicted molar refractivity (Wildman–Crippen MR) is 109 cm³/mol. The van der Waals surface area contributed by atoms with Crippen LogP contribution in [0.2, 0.25) is 0 Å². The Labute approximate surface area is 166 Å². The Kier molecular flexibility index (Phi) is 5.08. The molecule has 0 unspecified atom stereocenters. The lowest BCUT2D eigenvalue weighted by Gasteiger charge is -2.06. The highest BCUT2D eigenvalue weighted by atomic mass is 32.1. The van der Waals surface area contributed by atoms with E-state index in [1.54, 1.807) is 12.1 Å². The van der Waals surface area contributed by atoms with Gasteiger partial charge >= 0.3 is 0 Å². The summed E-state index contributed by atoms with van der Waals surface area (Å²) in [5.74, 6) is 0.625. The third kappa shape index (κ3) is 4.37. The zero-order valence-electron chi connectivity index (χ0n) is 15.3. The van der Waals surface area contributed by atoms with Crippen molar-refractivity contribution in [1.82, 2.24) is 4.98 Å². The van der Waals surface area contributed by atoms with Gasteiger partial charge in [0.15, 0.2) is 0 Å². The lowest BCUT2D eigenvalue weighted by atomic mass is 10.1. The maximum Gasteiger partial charge on any atom is 0.230 e. The molecule has 0 spiro atoms. The summed E-state index contributed by atoms with van der Waals surface area (Å²) in [5, 5.41) is 8.34. The van der Waals surface area contributed by atoms with E-state index in [2.05, 4.69) is 15.6 Å². The van der Waals surface area contributed by atoms with Crippen molar-refractivity contribution < 1.29 is 14.3 Å². The van der Waals surface area contributed by atoms with Crippen LogP contribution in [0, 0.1) is 6.92 Å². The number of benzene rings is 2. The van der Waals surface area contributed by atoms with Crippen LogP contribution in [0.1, 0.15) is 21.8 Å². The van der Waals surface area contributed by atoms with Gasteiger partial charge in [-0.05, 0) is 42.8 Å². The minimum atomic E-state index is -0.145. The van der Waals surface area contributed by atoms with Crippen molar-refractivity contribution in [3.63, 3.8) is 0 Å². The number of nitrogens with one attached hydrogen (secondary N) is 2. The van der Waals surface area contributed by atoms with Crippen molar-refractivity contribution in [2.75, 3.05) is 10.6 Å². The molecular formula is C21H19N3O3S. The number of aryl methyl sites for hydroxylation is 1. The van der Waals surface area contributed by atoms with Crippen LogP contribution >= 0.6 is 11.3 Å². The first-order valence-electron chi connectivity index (χ1n) is 8.90. The number of amides is 2. The van der Waals surface area contributed by atoms with E-state index in [0.29, 0.717) is 24.4 Å². The van der Waals surface area contributed by atoms with E-state index in [4.69, 9.17) is 4.74 Å². The number of hydrogen-bond donors (Lipinski definition) is 2. The van der Waals surface area contributed by atoms with E-state index in [9.17, 15) is 9.59 Å². The average Bonchev–Trinajstić information content (AvgIpc) is 3.26. The molecule has 0 saturated carbocycles. The van der Waals surface area contributed by atoms with E-state index < -0.39 is 0 Å². The number of anilines is 2. The summed E-state index contributed by atoms with van der Waals surface area (Å²) in [4.78, 5) is 28.2. The molecule has 0 atom stereocenters. The number of nitrogens with zero attached hydrogens (tertiary/aromatic N) is 1. The summed E-state index contributed by atoms with van der Waals surface area (Å²) in [6, 6.07) is 13.3. The maximum atomic E-state index is 12.3. The van der Waals surface area contributed by atoms with Gasteiger partial charge in [-0.3, -0.25) is 9.59 Å². The standard InChI is InChI=1S/C21H19N3O3S/c1-13-2-5-17(6-3-13)27-11-21-23-16(12-28-21)10-20(26)22-15-4-7-18-14(8-15)9-19(25)24-18/h2-8,12H,9-11H2,1H3,(H,22,26)(H,24,25). The molecule has 6 nitrogen and oxygen atoms in total. The minimum Gasteiger partial charge on any atom is -0.486 e. The van der Waals surface area contributed by atoms with Crippen molar-refractivity contribution >= 4 is 34.5 Å². The van der Waals surface area contributed by atoms with Gasteiger partial charge in [-0.15, -0.1) is 11.3 Å². The molecule has 0 saturated heterocycles. The smallest absolute Gasteiger partial charge is 0.230 e. The van der Waals surface area contributed by atoms with Gasteiger partial charge in [0, 0.05) is 16.8 Å². The number of carbonyl (C=O) groups excluding carboxylic acids is 2. The molecule has 0 fully saturated rings. The fraction of sp³-hybridized carbons (Fsp3) is 0.190. The fourth-order valence-electron chi connectivity index (χ4n) is 2.95. The molecule has 2 aromatic carbocycles. The Morgan fingerprint density at radius 3 is 2.89 bits per heavy atom. The van der Waals surface area contributed by atoms with Crippen molar-refractivity contribution in [1.29, 1.82) is 0 Å². The first-order chi connectivity index (χ1) is 13.5. The number of thiazole rings is 1. The van der Waals surface area contributed by atoms with Crippen LogP contribution < -0.4 is 15.4 Å². The number of aromatic nitrogens is 1. The third-order valence-corrected chi connectivity index (χ3v) is 5.21. The summed E-state index contributed by atoms with van der Waals surface area (Å²) in [7, 11) is 0. The first kappa shape index (κ1) is 18.2. The zero-order valence-corrected chi connectivity index (χ0v) is 16.1. The van der Waals surface area contributed by atoms with E-state index >= 15 is 0 Å². The van der Waals surface area contributed by atoms with E-state index in [1.807, 2.05) is 42.6 Å². The molecular weight excluding hydrogens is 374 g/mol. The fourth-order valence-corrected chi connectivity index (χ4v) is 3.66.